The number of hydrogen-bond donors (Lipinski definition) is 3. The van der Waals surface area contributed by atoms with Crippen molar-refractivity contribution in [2.75, 3.05) is 13.2 Å². The lowest BCUT2D eigenvalue weighted by Crippen LogP contribution is -2.29. The molecule has 2 atom stereocenters. The molecule has 7 nitrogen and oxygen atoms in total. The van der Waals surface area contributed by atoms with E-state index in [0.29, 0.717) is 12.8 Å². The quantitative estimate of drug-likeness (QED) is 0.162. The number of aliphatic hydroxyl groups is 3. The molecular formula is C25H48O7. The Bertz CT molecular complexity index is 452. The van der Waals surface area contributed by atoms with Gasteiger partial charge in [-0.1, -0.05) is 77.6 Å². The van der Waals surface area contributed by atoms with Gasteiger partial charge in [-0.25, -0.2) is 0 Å². The van der Waals surface area contributed by atoms with Crippen LogP contribution in [0.25, 0.3) is 0 Å². The minimum absolute atomic E-state index is 0.114. The number of carbonyl (C=O) groups excluding carboxylic acids is 2. The van der Waals surface area contributed by atoms with E-state index in [4.69, 9.17) is 19.7 Å². The Hall–Kier alpha value is -1.18. The first-order valence-corrected chi connectivity index (χ1v) is 12.7. The third-order valence-electron chi connectivity index (χ3n) is 5.64. The van der Waals surface area contributed by atoms with E-state index in [2.05, 4.69) is 6.92 Å². The van der Waals surface area contributed by atoms with Gasteiger partial charge in [0.1, 0.15) is 12.2 Å². The first-order valence-electron chi connectivity index (χ1n) is 12.7. The monoisotopic (exact) mass is 460 g/mol. The van der Waals surface area contributed by atoms with Gasteiger partial charge in [0.25, 0.3) is 0 Å². The van der Waals surface area contributed by atoms with Gasteiger partial charge >= 0.3 is 11.9 Å². The zero-order valence-corrected chi connectivity index (χ0v) is 20.4. The molecule has 0 aromatic rings. The maximum absolute atomic E-state index is 11.9. The highest BCUT2D eigenvalue weighted by atomic mass is 16.6. The SMILES string of the molecule is CCCCCCCCCCCC[C@@H](O)CCCC[C@H](CC(=O)OC(CO)CO)OC(C)=O. The van der Waals surface area contributed by atoms with E-state index in [0.717, 1.165) is 25.7 Å². The third-order valence-corrected chi connectivity index (χ3v) is 5.64. The Morgan fingerprint density at radius 1 is 0.688 bits per heavy atom. The van der Waals surface area contributed by atoms with Crippen LogP contribution in [0.2, 0.25) is 0 Å². The molecule has 0 heterocycles. The first-order chi connectivity index (χ1) is 15.4. The van der Waals surface area contributed by atoms with Gasteiger partial charge in [0.05, 0.1) is 25.7 Å². The second kappa shape index (κ2) is 21.7. The molecule has 0 radical (unpaired) electrons. The van der Waals surface area contributed by atoms with Crippen LogP contribution in [0.5, 0.6) is 0 Å². The van der Waals surface area contributed by atoms with Crippen molar-refractivity contribution in [2.45, 2.75) is 135 Å². The van der Waals surface area contributed by atoms with Gasteiger partial charge in [0.15, 0.2) is 0 Å². The van der Waals surface area contributed by atoms with E-state index in [-0.39, 0.29) is 12.5 Å². The number of aliphatic hydroxyl groups excluding tert-OH is 3. The van der Waals surface area contributed by atoms with E-state index in [1.807, 2.05) is 0 Å². The topological polar surface area (TPSA) is 113 Å². The van der Waals surface area contributed by atoms with Crippen LogP contribution >= 0.6 is 0 Å². The van der Waals surface area contributed by atoms with E-state index in [1.165, 1.54) is 64.7 Å². The molecular weight excluding hydrogens is 412 g/mol. The zero-order chi connectivity index (χ0) is 24.0. The van der Waals surface area contributed by atoms with Crippen LogP contribution in [0.1, 0.15) is 117 Å². The Morgan fingerprint density at radius 3 is 1.66 bits per heavy atom. The standard InChI is InChI=1S/C25H48O7/c1-3-4-5-6-7-8-9-10-11-12-15-22(29)16-13-14-17-23(31-21(2)28)18-25(30)32-24(19-26)20-27/h22-24,26-27,29H,3-20H2,1-2H3/t22-,23-/m1/s1. The van der Waals surface area contributed by atoms with Crippen molar-refractivity contribution < 1.29 is 34.4 Å². The fraction of sp³-hybridized carbons (Fsp3) is 0.920. The minimum Gasteiger partial charge on any atom is -0.462 e. The van der Waals surface area contributed by atoms with Gasteiger partial charge in [0, 0.05) is 6.92 Å². The molecule has 0 aliphatic heterocycles. The summed E-state index contributed by atoms with van der Waals surface area (Å²) in [4.78, 5) is 23.2. The van der Waals surface area contributed by atoms with Crippen molar-refractivity contribution in [3.05, 3.63) is 0 Å². The highest BCUT2D eigenvalue weighted by Crippen LogP contribution is 2.16. The normalized spacial score (nSPS) is 13.2. The number of ether oxygens (including phenoxy) is 2. The third kappa shape index (κ3) is 19.5. The molecule has 0 aliphatic carbocycles. The molecule has 0 aromatic heterocycles. The summed E-state index contributed by atoms with van der Waals surface area (Å²) in [5, 5.41) is 28.1. The average Bonchev–Trinajstić information content (AvgIpc) is 2.75. The van der Waals surface area contributed by atoms with Crippen LogP contribution < -0.4 is 0 Å². The predicted octanol–water partition coefficient (Wildman–Crippen LogP) is 4.44. The number of hydrogen-bond acceptors (Lipinski definition) is 7. The fourth-order valence-corrected chi connectivity index (χ4v) is 3.75. The molecule has 0 saturated carbocycles. The van der Waals surface area contributed by atoms with Gasteiger partial charge in [0.2, 0.25) is 0 Å². The lowest BCUT2D eigenvalue weighted by atomic mass is 10.0. The number of rotatable bonds is 22. The Morgan fingerprint density at radius 2 is 1.16 bits per heavy atom. The highest BCUT2D eigenvalue weighted by Gasteiger charge is 2.20. The molecule has 3 N–H and O–H groups in total. The molecule has 0 bridgehead atoms. The first kappa shape index (κ1) is 30.8. The van der Waals surface area contributed by atoms with E-state index >= 15 is 0 Å². The molecule has 0 amide bonds. The Balaban J connectivity index is 3.85. The summed E-state index contributed by atoms with van der Waals surface area (Å²) in [5.41, 5.74) is 0. The molecule has 0 rings (SSSR count). The summed E-state index contributed by atoms with van der Waals surface area (Å²) in [6.45, 7) is 2.61. The van der Waals surface area contributed by atoms with Crippen LogP contribution in [0.4, 0.5) is 0 Å². The lowest BCUT2D eigenvalue weighted by molar-refractivity contribution is -0.160. The van der Waals surface area contributed by atoms with Gasteiger partial charge in [-0.2, -0.15) is 0 Å². The number of carbonyl (C=O) groups is 2. The van der Waals surface area contributed by atoms with E-state index in [9.17, 15) is 14.7 Å². The van der Waals surface area contributed by atoms with Crippen LogP contribution in [-0.2, 0) is 19.1 Å². The molecule has 0 unspecified atom stereocenters. The van der Waals surface area contributed by atoms with Crippen molar-refractivity contribution in [1.29, 1.82) is 0 Å². The lowest BCUT2D eigenvalue weighted by Gasteiger charge is -2.19. The maximum atomic E-state index is 11.9. The summed E-state index contributed by atoms with van der Waals surface area (Å²) in [6.07, 6.45) is 14.4. The van der Waals surface area contributed by atoms with Crippen molar-refractivity contribution in [2.24, 2.45) is 0 Å². The zero-order valence-electron chi connectivity index (χ0n) is 20.4. The predicted molar refractivity (Wildman–Crippen MR) is 125 cm³/mol. The van der Waals surface area contributed by atoms with Crippen LogP contribution in [0.15, 0.2) is 0 Å². The van der Waals surface area contributed by atoms with Crippen molar-refractivity contribution in [3.63, 3.8) is 0 Å². The summed E-state index contributed by atoms with van der Waals surface area (Å²) >= 11 is 0. The largest absolute Gasteiger partial charge is 0.462 e. The minimum atomic E-state index is -0.957. The van der Waals surface area contributed by atoms with Crippen molar-refractivity contribution in [3.8, 4) is 0 Å². The maximum Gasteiger partial charge on any atom is 0.309 e. The Labute approximate surface area is 194 Å². The Kier molecular flexibility index (Phi) is 20.9. The van der Waals surface area contributed by atoms with Crippen molar-refractivity contribution >= 4 is 11.9 Å². The molecule has 7 heteroatoms. The van der Waals surface area contributed by atoms with Gasteiger partial charge in [-0.15, -0.1) is 0 Å². The van der Waals surface area contributed by atoms with Crippen LogP contribution in [0.3, 0.4) is 0 Å². The smallest absolute Gasteiger partial charge is 0.309 e. The van der Waals surface area contributed by atoms with E-state index < -0.39 is 37.4 Å². The highest BCUT2D eigenvalue weighted by molar-refractivity contribution is 5.71. The molecule has 190 valence electrons. The van der Waals surface area contributed by atoms with Gasteiger partial charge < -0.3 is 24.8 Å². The van der Waals surface area contributed by atoms with Crippen LogP contribution in [0, 0.1) is 0 Å². The molecule has 0 saturated heterocycles. The molecule has 32 heavy (non-hydrogen) atoms. The molecule has 0 spiro atoms. The summed E-state index contributed by atoms with van der Waals surface area (Å²) in [5.74, 6) is -1.09. The van der Waals surface area contributed by atoms with E-state index in [1.54, 1.807) is 0 Å². The summed E-state index contributed by atoms with van der Waals surface area (Å²) < 4.78 is 10.1. The fourth-order valence-electron chi connectivity index (χ4n) is 3.75. The van der Waals surface area contributed by atoms with Crippen LogP contribution in [-0.4, -0.2) is 58.8 Å². The molecule has 0 aromatic carbocycles. The number of unbranched alkanes of at least 4 members (excludes halogenated alkanes) is 10. The number of esters is 2. The van der Waals surface area contributed by atoms with Gasteiger partial charge in [-0.05, 0) is 25.7 Å². The second-order valence-corrected chi connectivity index (χ2v) is 8.82. The molecule has 0 aliphatic rings. The summed E-state index contributed by atoms with van der Waals surface area (Å²) in [6, 6.07) is 0. The molecule has 0 fully saturated rings. The summed E-state index contributed by atoms with van der Waals surface area (Å²) in [7, 11) is 0. The average molecular weight is 461 g/mol. The second-order valence-electron chi connectivity index (χ2n) is 8.82. The van der Waals surface area contributed by atoms with Gasteiger partial charge in [-0.3, -0.25) is 9.59 Å². The van der Waals surface area contributed by atoms with Crippen molar-refractivity contribution in [1.82, 2.24) is 0 Å².